The van der Waals surface area contributed by atoms with Crippen LogP contribution < -0.4 is 10.6 Å². The lowest BCUT2D eigenvalue weighted by molar-refractivity contribution is 0.135. The van der Waals surface area contributed by atoms with Crippen LogP contribution in [0.5, 0.6) is 0 Å². The van der Waals surface area contributed by atoms with Gasteiger partial charge in [0.05, 0.1) is 18.5 Å². The second-order valence-corrected chi connectivity index (χ2v) is 7.01. The van der Waals surface area contributed by atoms with E-state index in [1.807, 2.05) is 0 Å². The molecule has 0 radical (unpaired) electrons. The Bertz CT molecular complexity index is 707. The van der Waals surface area contributed by atoms with Crippen LogP contribution in [-0.4, -0.2) is 69.6 Å². The molecule has 0 saturated carbocycles. The zero-order valence-corrected chi connectivity index (χ0v) is 15.3. The van der Waals surface area contributed by atoms with Crippen molar-refractivity contribution in [3.63, 3.8) is 0 Å². The van der Waals surface area contributed by atoms with Gasteiger partial charge in [-0.05, 0) is 44.5 Å². The highest BCUT2D eigenvalue weighted by molar-refractivity contribution is 5.89. The molecular weight excluding hydrogens is 346 g/mol. The number of anilines is 1. The highest BCUT2D eigenvalue weighted by Crippen LogP contribution is 2.24. The predicted molar refractivity (Wildman–Crippen MR) is 99.7 cm³/mol. The highest BCUT2D eigenvalue weighted by Gasteiger charge is 2.32. The van der Waals surface area contributed by atoms with E-state index in [1.165, 1.54) is 19.2 Å². The summed E-state index contributed by atoms with van der Waals surface area (Å²) in [7, 11) is 0. The number of rotatable bonds is 6. The van der Waals surface area contributed by atoms with Crippen molar-refractivity contribution in [3.05, 3.63) is 31.0 Å². The van der Waals surface area contributed by atoms with Crippen LogP contribution >= 0.6 is 0 Å². The average Bonchev–Trinajstić information content (AvgIpc) is 3.45. The second-order valence-electron chi connectivity index (χ2n) is 7.01. The third-order valence-electron chi connectivity index (χ3n) is 5.25. The Balaban J connectivity index is 1.31. The second kappa shape index (κ2) is 8.45. The Morgan fingerprint density at radius 2 is 2.22 bits per heavy atom. The predicted octanol–water partition coefficient (Wildman–Crippen LogP) is 1.28. The summed E-state index contributed by atoms with van der Waals surface area (Å²) in [5.74, 6) is 1.14. The van der Waals surface area contributed by atoms with Crippen LogP contribution in [0.1, 0.15) is 19.3 Å². The zero-order valence-electron chi connectivity index (χ0n) is 15.3. The Labute approximate surface area is 158 Å². The summed E-state index contributed by atoms with van der Waals surface area (Å²) in [6.45, 7) is 4.46. The molecule has 0 spiro atoms. The van der Waals surface area contributed by atoms with Gasteiger partial charge in [-0.15, -0.1) is 0 Å². The molecule has 2 fully saturated rings. The summed E-state index contributed by atoms with van der Waals surface area (Å²) in [5, 5.41) is 9.90. The van der Waals surface area contributed by atoms with Crippen LogP contribution in [0, 0.1) is 5.92 Å². The number of hydrogen-bond donors (Lipinski definition) is 2. The molecule has 2 saturated heterocycles. The van der Waals surface area contributed by atoms with Gasteiger partial charge in [0.15, 0.2) is 5.82 Å². The third kappa shape index (κ3) is 4.42. The van der Waals surface area contributed by atoms with E-state index < -0.39 is 0 Å². The van der Waals surface area contributed by atoms with Gasteiger partial charge < -0.3 is 15.4 Å². The molecule has 2 unspecified atom stereocenters. The fourth-order valence-corrected chi connectivity index (χ4v) is 3.82. The van der Waals surface area contributed by atoms with Crippen LogP contribution in [0.15, 0.2) is 31.0 Å². The molecule has 27 heavy (non-hydrogen) atoms. The lowest BCUT2D eigenvalue weighted by Crippen LogP contribution is -2.48. The normalized spacial score (nSPS) is 21.3. The van der Waals surface area contributed by atoms with Crippen LogP contribution in [0.3, 0.4) is 0 Å². The summed E-state index contributed by atoms with van der Waals surface area (Å²) in [4.78, 5) is 23.0. The maximum atomic E-state index is 12.3. The van der Waals surface area contributed by atoms with Crippen molar-refractivity contribution in [2.75, 3.05) is 38.2 Å². The SMILES string of the molecule is O=C(NCC(C1CCOC1)N1CCCC1)Nc1ccc(-n2cncn2)nc1. The van der Waals surface area contributed by atoms with Crippen LogP contribution in [-0.2, 0) is 4.74 Å². The molecule has 2 N–H and O–H groups in total. The lowest BCUT2D eigenvalue weighted by atomic mass is 9.97. The lowest BCUT2D eigenvalue weighted by Gasteiger charge is -2.31. The number of nitrogens with one attached hydrogen (secondary N) is 2. The zero-order chi connectivity index (χ0) is 18.5. The van der Waals surface area contributed by atoms with Gasteiger partial charge in [-0.3, -0.25) is 4.90 Å². The molecule has 4 rings (SSSR count). The molecule has 2 aromatic rings. The topological polar surface area (TPSA) is 97.2 Å². The first kappa shape index (κ1) is 17.9. The van der Waals surface area contributed by atoms with Crippen LogP contribution in [0.4, 0.5) is 10.5 Å². The number of ether oxygens (including phenoxy) is 1. The van der Waals surface area contributed by atoms with Gasteiger partial charge in [0, 0.05) is 25.1 Å². The van der Waals surface area contributed by atoms with Gasteiger partial charge in [0.2, 0.25) is 0 Å². The molecule has 0 bridgehead atoms. The van der Waals surface area contributed by atoms with Crippen molar-refractivity contribution >= 4 is 11.7 Å². The van der Waals surface area contributed by atoms with E-state index in [0.29, 0.717) is 30.0 Å². The van der Waals surface area contributed by atoms with E-state index in [2.05, 4.69) is 30.6 Å². The number of pyridine rings is 1. The molecule has 2 aliphatic rings. The summed E-state index contributed by atoms with van der Waals surface area (Å²) in [6.07, 6.45) is 8.18. The van der Waals surface area contributed by atoms with Gasteiger partial charge >= 0.3 is 6.03 Å². The van der Waals surface area contributed by atoms with Crippen molar-refractivity contribution in [2.24, 2.45) is 5.92 Å². The largest absolute Gasteiger partial charge is 0.381 e. The minimum absolute atomic E-state index is 0.214. The number of carbonyl (C=O) groups excluding carboxylic acids is 1. The van der Waals surface area contributed by atoms with E-state index in [1.54, 1.807) is 29.3 Å². The van der Waals surface area contributed by atoms with E-state index in [9.17, 15) is 4.79 Å². The van der Waals surface area contributed by atoms with Crippen molar-refractivity contribution in [2.45, 2.75) is 25.3 Å². The molecule has 0 aromatic carbocycles. The Morgan fingerprint density at radius 1 is 1.33 bits per heavy atom. The third-order valence-corrected chi connectivity index (χ3v) is 5.25. The molecular formula is C18H25N7O2. The highest BCUT2D eigenvalue weighted by atomic mass is 16.5. The summed E-state index contributed by atoms with van der Waals surface area (Å²) in [5.41, 5.74) is 0.637. The fourth-order valence-electron chi connectivity index (χ4n) is 3.82. The summed E-state index contributed by atoms with van der Waals surface area (Å²) in [6, 6.07) is 3.71. The molecule has 144 valence electrons. The quantitative estimate of drug-likeness (QED) is 0.794. The number of amides is 2. The van der Waals surface area contributed by atoms with Crippen LogP contribution in [0.2, 0.25) is 0 Å². The van der Waals surface area contributed by atoms with E-state index in [4.69, 9.17) is 4.74 Å². The molecule has 4 heterocycles. The molecule has 0 aliphatic carbocycles. The van der Waals surface area contributed by atoms with Crippen molar-refractivity contribution < 1.29 is 9.53 Å². The van der Waals surface area contributed by atoms with Gasteiger partial charge in [0.1, 0.15) is 12.7 Å². The minimum atomic E-state index is -0.214. The smallest absolute Gasteiger partial charge is 0.319 e. The number of likely N-dealkylation sites (tertiary alicyclic amines) is 1. The molecule has 9 nitrogen and oxygen atoms in total. The van der Waals surface area contributed by atoms with Gasteiger partial charge in [-0.1, -0.05) is 0 Å². The van der Waals surface area contributed by atoms with Gasteiger partial charge in [0.25, 0.3) is 0 Å². The van der Waals surface area contributed by atoms with Crippen molar-refractivity contribution in [3.8, 4) is 5.82 Å². The summed E-state index contributed by atoms with van der Waals surface area (Å²) >= 11 is 0. The fraction of sp³-hybridized carbons (Fsp3) is 0.556. The molecule has 9 heteroatoms. The summed E-state index contributed by atoms with van der Waals surface area (Å²) < 4.78 is 7.13. The first-order valence-corrected chi connectivity index (χ1v) is 9.47. The number of nitrogens with zero attached hydrogens (tertiary/aromatic N) is 5. The first-order valence-electron chi connectivity index (χ1n) is 9.47. The van der Waals surface area contributed by atoms with Crippen molar-refractivity contribution in [1.29, 1.82) is 0 Å². The molecule has 2 amide bonds. The first-order chi connectivity index (χ1) is 13.3. The van der Waals surface area contributed by atoms with Crippen LogP contribution in [0.25, 0.3) is 5.82 Å². The number of urea groups is 1. The maximum Gasteiger partial charge on any atom is 0.319 e. The molecule has 2 aromatic heterocycles. The van der Waals surface area contributed by atoms with Crippen molar-refractivity contribution in [1.82, 2.24) is 30.0 Å². The minimum Gasteiger partial charge on any atom is -0.381 e. The Hall–Kier alpha value is -2.52. The van der Waals surface area contributed by atoms with E-state index in [0.717, 1.165) is 32.7 Å². The molecule has 2 aliphatic heterocycles. The standard InChI is InChI=1S/C18H25N7O2/c26-18(23-15-3-4-17(20-9-15)25-13-19-12-22-25)21-10-16(14-5-8-27-11-14)24-6-1-2-7-24/h3-4,9,12-14,16H,1-2,5-8,10-11H2,(H2,21,23,26). The van der Waals surface area contributed by atoms with E-state index in [-0.39, 0.29) is 6.03 Å². The number of hydrogen-bond acceptors (Lipinski definition) is 6. The van der Waals surface area contributed by atoms with Gasteiger partial charge in [-0.2, -0.15) is 5.10 Å². The Kier molecular flexibility index (Phi) is 5.59. The average molecular weight is 371 g/mol. The van der Waals surface area contributed by atoms with Gasteiger partial charge in [-0.25, -0.2) is 19.4 Å². The number of carbonyl (C=O) groups is 1. The van der Waals surface area contributed by atoms with E-state index >= 15 is 0 Å². The monoisotopic (exact) mass is 371 g/mol. The number of aromatic nitrogens is 4. The Morgan fingerprint density at radius 3 is 2.89 bits per heavy atom. The maximum absolute atomic E-state index is 12.3. The molecule has 2 atom stereocenters.